The Labute approximate surface area is 89.4 Å². The standard InChI is InChI=1S/C12H15N3/c13-7-11-15-10-5-2-6-12(15)14-8-3-1-4-9-14/h1-6,8-10H,7,11,13H2/q+2. The molecule has 0 fully saturated rings. The summed E-state index contributed by atoms with van der Waals surface area (Å²) in [6.07, 6.45) is 6.10. The van der Waals surface area contributed by atoms with Crippen LogP contribution in [0.15, 0.2) is 55.0 Å². The zero-order valence-corrected chi connectivity index (χ0v) is 8.58. The molecule has 0 aliphatic carbocycles. The molecule has 15 heavy (non-hydrogen) atoms. The van der Waals surface area contributed by atoms with Crippen LogP contribution < -0.4 is 14.9 Å². The Morgan fingerprint density at radius 1 is 0.933 bits per heavy atom. The summed E-state index contributed by atoms with van der Waals surface area (Å²) in [5.41, 5.74) is 5.58. The van der Waals surface area contributed by atoms with Crippen LogP contribution in [0, 0.1) is 0 Å². The van der Waals surface area contributed by atoms with Crippen molar-refractivity contribution >= 4 is 0 Å². The van der Waals surface area contributed by atoms with Crippen LogP contribution in [0.3, 0.4) is 0 Å². The van der Waals surface area contributed by atoms with E-state index < -0.39 is 0 Å². The van der Waals surface area contributed by atoms with Crippen molar-refractivity contribution < 1.29 is 9.13 Å². The second-order valence-corrected chi connectivity index (χ2v) is 3.32. The van der Waals surface area contributed by atoms with Crippen LogP contribution in [0.1, 0.15) is 0 Å². The molecular weight excluding hydrogens is 186 g/mol. The molecule has 76 valence electrons. The topological polar surface area (TPSA) is 33.8 Å². The van der Waals surface area contributed by atoms with Gasteiger partial charge in [0.2, 0.25) is 0 Å². The molecule has 2 N–H and O–H groups in total. The van der Waals surface area contributed by atoms with E-state index in [0.717, 1.165) is 12.4 Å². The molecule has 0 unspecified atom stereocenters. The molecule has 0 saturated carbocycles. The first-order valence-corrected chi connectivity index (χ1v) is 5.07. The van der Waals surface area contributed by atoms with Crippen LogP contribution in [-0.4, -0.2) is 6.54 Å². The Morgan fingerprint density at radius 3 is 2.40 bits per heavy atom. The van der Waals surface area contributed by atoms with Crippen LogP contribution in [0.4, 0.5) is 0 Å². The fourth-order valence-electron chi connectivity index (χ4n) is 1.58. The number of hydrogen-bond acceptors (Lipinski definition) is 1. The highest BCUT2D eigenvalue weighted by atomic mass is 15.1. The number of aromatic nitrogens is 2. The first-order valence-electron chi connectivity index (χ1n) is 5.07. The van der Waals surface area contributed by atoms with Gasteiger partial charge in [0, 0.05) is 18.2 Å². The van der Waals surface area contributed by atoms with Crippen molar-refractivity contribution in [1.82, 2.24) is 0 Å². The largest absolute Gasteiger partial charge is 0.449 e. The fraction of sp³-hybridized carbons (Fsp3) is 0.167. The Bertz CT molecular complexity index is 426. The van der Waals surface area contributed by atoms with Gasteiger partial charge in [-0.2, -0.15) is 0 Å². The van der Waals surface area contributed by atoms with E-state index >= 15 is 0 Å². The molecular formula is C12H15N3+2. The summed E-state index contributed by atoms with van der Waals surface area (Å²) in [4.78, 5) is 0. The summed E-state index contributed by atoms with van der Waals surface area (Å²) in [5, 5.41) is 0. The lowest BCUT2D eigenvalue weighted by molar-refractivity contribution is -0.791. The average Bonchev–Trinajstić information content (AvgIpc) is 2.31. The minimum Gasteiger partial charge on any atom is -0.325 e. The molecule has 2 heterocycles. The van der Waals surface area contributed by atoms with Gasteiger partial charge in [-0.25, -0.2) is 0 Å². The van der Waals surface area contributed by atoms with Crippen molar-refractivity contribution in [2.24, 2.45) is 5.73 Å². The number of pyridine rings is 2. The van der Waals surface area contributed by atoms with Gasteiger partial charge in [-0.05, 0) is 6.07 Å². The van der Waals surface area contributed by atoms with Gasteiger partial charge in [0.25, 0.3) is 0 Å². The van der Waals surface area contributed by atoms with Crippen LogP contribution >= 0.6 is 0 Å². The average molecular weight is 201 g/mol. The lowest BCUT2D eigenvalue weighted by Gasteiger charge is -1.96. The number of hydrogen-bond donors (Lipinski definition) is 1. The summed E-state index contributed by atoms with van der Waals surface area (Å²) in [6.45, 7) is 1.48. The van der Waals surface area contributed by atoms with Gasteiger partial charge in [-0.1, -0.05) is 6.07 Å². The van der Waals surface area contributed by atoms with E-state index in [0.29, 0.717) is 6.54 Å². The zero-order chi connectivity index (χ0) is 10.5. The van der Waals surface area contributed by atoms with Crippen LogP contribution in [0.25, 0.3) is 5.82 Å². The third-order valence-corrected chi connectivity index (χ3v) is 2.27. The lowest BCUT2D eigenvalue weighted by Crippen LogP contribution is -2.49. The summed E-state index contributed by atoms with van der Waals surface area (Å²) in [6, 6.07) is 12.2. The Morgan fingerprint density at radius 2 is 1.67 bits per heavy atom. The Hall–Kier alpha value is -1.74. The summed E-state index contributed by atoms with van der Waals surface area (Å²) < 4.78 is 4.22. The van der Waals surface area contributed by atoms with E-state index in [2.05, 4.69) is 15.2 Å². The number of nitrogens with zero attached hydrogens (tertiary/aromatic N) is 2. The van der Waals surface area contributed by atoms with Crippen molar-refractivity contribution in [2.75, 3.05) is 6.54 Å². The highest BCUT2D eigenvalue weighted by Crippen LogP contribution is 1.90. The van der Waals surface area contributed by atoms with Crippen molar-refractivity contribution in [3.8, 4) is 5.82 Å². The smallest absolute Gasteiger partial charge is 0.325 e. The maximum absolute atomic E-state index is 5.58. The SMILES string of the molecule is NCC[n+]1ccccc1-[n+]1ccccc1. The molecule has 2 aromatic heterocycles. The molecule has 3 nitrogen and oxygen atoms in total. The molecule has 0 spiro atoms. The molecule has 0 aliphatic heterocycles. The quantitative estimate of drug-likeness (QED) is 0.708. The second-order valence-electron chi connectivity index (χ2n) is 3.32. The van der Waals surface area contributed by atoms with E-state index in [-0.39, 0.29) is 0 Å². The van der Waals surface area contributed by atoms with Crippen LogP contribution in [-0.2, 0) is 6.54 Å². The third-order valence-electron chi connectivity index (χ3n) is 2.27. The normalized spacial score (nSPS) is 10.2. The van der Waals surface area contributed by atoms with E-state index in [9.17, 15) is 0 Å². The minimum absolute atomic E-state index is 0.648. The van der Waals surface area contributed by atoms with Gasteiger partial charge >= 0.3 is 5.82 Å². The van der Waals surface area contributed by atoms with Crippen LogP contribution in [0.5, 0.6) is 0 Å². The molecule has 0 aromatic carbocycles. The Kier molecular flexibility index (Phi) is 3.05. The maximum atomic E-state index is 5.58. The highest BCUT2D eigenvalue weighted by Gasteiger charge is 2.17. The van der Waals surface area contributed by atoms with Gasteiger partial charge in [0.05, 0.1) is 12.6 Å². The molecule has 2 rings (SSSR count). The molecule has 2 aromatic rings. The van der Waals surface area contributed by atoms with Gasteiger partial charge < -0.3 is 5.73 Å². The predicted octanol–water partition coefficient (Wildman–Crippen LogP) is 0.210. The molecule has 0 bridgehead atoms. The first-order chi connectivity index (χ1) is 7.42. The molecule has 3 heteroatoms. The van der Waals surface area contributed by atoms with E-state index in [1.165, 1.54) is 0 Å². The van der Waals surface area contributed by atoms with Crippen molar-refractivity contribution in [3.63, 3.8) is 0 Å². The third kappa shape index (κ3) is 2.19. The molecule has 0 amide bonds. The molecule has 0 radical (unpaired) electrons. The highest BCUT2D eigenvalue weighted by molar-refractivity contribution is 5.03. The molecule has 0 saturated heterocycles. The lowest BCUT2D eigenvalue weighted by atomic mass is 10.4. The van der Waals surface area contributed by atoms with Gasteiger partial charge in [-0.3, -0.25) is 0 Å². The summed E-state index contributed by atoms with van der Waals surface area (Å²) in [5.74, 6) is 1.13. The fourth-order valence-corrected chi connectivity index (χ4v) is 1.58. The number of rotatable bonds is 3. The Balaban J connectivity index is 2.43. The summed E-state index contributed by atoms with van der Waals surface area (Å²) in [7, 11) is 0. The maximum Gasteiger partial charge on any atom is 0.449 e. The minimum atomic E-state index is 0.648. The zero-order valence-electron chi connectivity index (χ0n) is 8.58. The van der Waals surface area contributed by atoms with E-state index in [4.69, 9.17) is 5.73 Å². The monoisotopic (exact) mass is 201 g/mol. The summed E-state index contributed by atoms with van der Waals surface area (Å²) >= 11 is 0. The predicted molar refractivity (Wildman–Crippen MR) is 57.2 cm³/mol. The van der Waals surface area contributed by atoms with Crippen molar-refractivity contribution in [3.05, 3.63) is 55.0 Å². The number of nitrogens with two attached hydrogens (primary N) is 1. The van der Waals surface area contributed by atoms with Crippen molar-refractivity contribution in [1.29, 1.82) is 0 Å². The second kappa shape index (κ2) is 4.66. The molecule has 0 aliphatic rings. The van der Waals surface area contributed by atoms with Gasteiger partial charge in [0.1, 0.15) is 0 Å². The van der Waals surface area contributed by atoms with Gasteiger partial charge in [-0.15, -0.1) is 9.13 Å². The van der Waals surface area contributed by atoms with E-state index in [1.807, 2.05) is 48.9 Å². The van der Waals surface area contributed by atoms with Gasteiger partial charge in [0.15, 0.2) is 25.1 Å². The van der Waals surface area contributed by atoms with E-state index in [1.54, 1.807) is 0 Å². The first kappa shape index (κ1) is 9.80. The van der Waals surface area contributed by atoms with Crippen LogP contribution in [0.2, 0.25) is 0 Å². The van der Waals surface area contributed by atoms with Crippen molar-refractivity contribution in [2.45, 2.75) is 6.54 Å². The molecule has 0 atom stereocenters.